The number of carbonyl (C=O) groups is 2. The number of anilines is 1. The lowest BCUT2D eigenvalue weighted by atomic mass is 10.2. The Bertz CT molecular complexity index is 555. The minimum Gasteiger partial charge on any atom is -0.467 e. The van der Waals surface area contributed by atoms with E-state index in [1.807, 2.05) is 6.92 Å². The van der Waals surface area contributed by atoms with Gasteiger partial charge in [0.15, 0.2) is 6.04 Å². The predicted molar refractivity (Wildman–Crippen MR) is 74.7 cm³/mol. The fraction of sp³-hybridized carbons (Fsp3) is 0.615. The molecule has 21 heavy (non-hydrogen) atoms. The highest BCUT2D eigenvalue weighted by Crippen LogP contribution is 2.21. The molecule has 1 aromatic rings. The third kappa shape index (κ3) is 2.71. The molecule has 116 valence electrons. The monoisotopic (exact) mass is 296 g/mol. The van der Waals surface area contributed by atoms with Crippen molar-refractivity contribution >= 4 is 17.6 Å². The average Bonchev–Trinajstić information content (AvgIpc) is 2.80. The maximum atomic E-state index is 12.8. The molecule has 0 bridgehead atoms. The van der Waals surface area contributed by atoms with Crippen molar-refractivity contribution in [3.8, 4) is 0 Å². The first-order chi connectivity index (χ1) is 10.0. The lowest BCUT2D eigenvalue weighted by Gasteiger charge is -2.33. The summed E-state index contributed by atoms with van der Waals surface area (Å²) < 4.78 is 11.5. The summed E-state index contributed by atoms with van der Waals surface area (Å²) in [6.07, 6.45) is 0. The summed E-state index contributed by atoms with van der Waals surface area (Å²) in [7, 11) is 1.29. The third-order valence-corrected chi connectivity index (χ3v) is 3.54. The van der Waals surface area contributed by atoms with Gasteiger partial charge in [-0.25, -0.2) is 4.79 Å². The molecule has 0 aromatic carbocycles. The molecule has 0 saturated carbocycles. The summed E-state index contributed by atoms with van der Waals surface area (Å²) in [6.45, 7) is 4.95. The van der Waals surface area contributed by atoms with Crippen molar-refractivity contribution in [1.82, 2.24) is 14.7 Å². The van der Waals surface area contributed by atoms with Crippen LogP contribution in [0.5, 0.6) is 0 Å². The van der Waals surface area contributed by atoms with Crippen molar-refractivity contribution in [1.29, 1.82) is 0 Å². The van der Waals surface area contributed by atoms with E-state index in [0.717, 1.165) is 0 Å². The molecule has 1 fully saturated rings. The largest absolute Gasteiger partial charge is 0.467 e. The smallest absolute Gasteiger partial charge is 0.331 e. The highest BCUT2D eigenvalue weighted by molar-refractivity contribution is 6.00. The van der Waals surface area contributed by atoms with Crippen LogP contribution in [0.25, 0.3) is 0 Å². The van der Waals surface area contributed by atoms with Gasteiger partial charge in [0.1, 0.15) is 5.69 Å². The Labute approximate surface area is 122 Å². The van der Waals surface area contributed by atoms with Gasteiger partial charge in [-0.2, -0.15) is 5.10 Å². The van der Waals surface area contributed by atoms with E-state index in [4.69, 9.17) is 15.2 Å². The molecule has 8 heteroatoms. The molecule has 2 heterocycles. The SMILES string of the molecule is CCn1nc(C)c(N)c1C(=O)N1CCOCC1C(=O)OC. The summed E-state index contributed by atoms with van der Waals surface area (Å²) >= 11 is 0. The van der Waals surface area contributed by atoms with Gasteiger partial charge in [-0.1, -0.05) is 0 Å². The van der Waals surface area contributed by atoms with Crippen LogP contribution in [-0.2, 0) is 20.8 Å². The van der Waals surface area contributed by atoms with E-state index in [1.54, 1.807) is 11.6 Å². The molecule has 0 radical (unpaired) electrons. The number of esters is 1. The first-order valence-corrected chi connectivity index (χ1v) is 6.80. The number of nitrogens with two attached hydrogens (primary N) is 1. The van der Waals surface area contributed by atoms with Crippen LogP contribution in [0.15, 0.2) is 0 Å². The number of nitrogens with zero attached hydrogens (tertiary/aromatic N) is 3. The topological polar surface area (TPSA) is 99.7 Å². The van der Waals surface area contributed by atoms with Crippen LogP contribution in [-0.4, -0.2) is 59.5 Å². The minimum atomic E-state index is -0.754. The van der Waals surface area contributed by atoms with Crippen LogP contribution in [0.4, 0.5) is 5.69 Å². The first-order valence-electron chi connectivity index (χ1n) is 6.80. The van der Waals surface area contributed by atoms with E-state index < -0.39 is 12.0 Å². The number of aromatic nitrogens is 2. The number of aryl methyl sites for hydroxylation is 2. The molecule has 1 aliphatic heterocycles. The fourth-order valence-corrected chi connectivity index (χ4v) is 2.36. The number of ether oxygens (including phenoxy) is 2. The highest BCUT2D eigenvalue weighted by Gasteiger charge is 2.36. The van der Waals surface area contributed by atoms with Gasteiger partial charge < -0.3 is 20.1 Å². The van der Waals surface area contributed by atoms with Crippen LogP contribution in [0.1, 0.15) is 23.1 Å². The van der Waals surface area contributed by atoms with Gasteiger partial charge >= 0.3 is 5.97 Å². The zero-order chi connectivity index (χ0) is 15.6. The Morgan fingerprint density at radius 2 is 2.24 bits per heavy atom. The fourth-order valence-electron chi connectivity index (χ4n) is 2.36. The molecule has 0 aliphatic carbocycles. The molecular weight excluding hydrogens is 276 g/mol. The molecular formula is C13H20N4O4. The van der Waals surface area contributed by atoms with Crippen LogP contribution >= 0.6 is 0 Å². The van der Waals surface area contributed by atoms with Crippen molar-refractivity contribution in [2.75, 3.05) is 32.6 Å². The van der Waals surface area contributed by atoms with Gasteiger partial charge in [0.2, 0.25) is 0 Å². The quantitative estimate of drug-likeness (QED) is 0.776. The number of hydrogen-bond donors (Lipinski definition) is 1. The lowest BCUT2D eigenvalue weighted by Crippen LogP contribution is -2.53. The molecule has 1 atom stereocenters. The second-order valence-corrected chi connectivity index (χ2v) is 4.78. The molecule has 1 unspecified atom stereocenters. The van der Waals surface area contributed by atoms with Gasteiger partial charge in [-0.15, -0.1) is 0 Å². The number of morpholine rings is 1. The summed E-state index contributed by atoms with van der Waals surface area (Å²) in [5.74, 6) is -0.824. The molecule has 0 spiro atoms. The maximum Gasteiger partial charge on any atom is 0.331 e. The van der Waals surface area contributed by atoms with Gasteiger partial charge in [-0.05, 0) is 13.8 Å². The number of amides is 1. The maximum absolute atomic E-state index is 12.8. The van der Waals surface area contributed by atoms with Crippen LogP contribution in [0, 0.1) is 6.92 Å². The molecule has 1 aliphatic rings. The predicted octanol–water partition coefficient (Wildman–Crippen LogP) is -0.192. The lowest BCUT2D eigenvalue weighted by molar-refractivity contribution is -0.151. The Balaban J connectivity index is 2.35. The highest BCUT2D eigenvalue weighted by atomic mass is 16.5. The number of carbonyl (C=O) groups excluding carboxylic acids is 2. The standard InChI is InChI=1S/C13H20N4O4/c1-4-17-11(10(14)8(2)15-17)12(18)16-5-6-21-7-9(16)13(19)20-3/h9H,4-7,14H2,1-3H3. The van der Waals surface area contributed by atoms with E-state index >= 15 is 0 Å². The molecule has 1 saturated heterocycles. The molecule has 8 nitrogen and oxygen atoms in total. The third-order valence-electron chi connectivity index (χ3n) is 3.54. The van der Waals surface area contributed by atoms with Crippen LogP contribution < -0.4 is 5.73 Å². The van der Waals surface area contributed by atoms with Gasteiger partial charge in [0.05, 0.1) is 31.7 Å². The number of rotatable bonds is 3. The second kappa shape index (κ2) is 6.13. The minimum absolute atomic E-state index is 0.123. The zero-order valence-electron chi connectivity index (χ0n) is 12.5. The van der Waals surface area contributed by atoms with Crippen molar-refractivity contribution in [2.45, 2.75) is 26.4 Å². The molecule has 1 aromatic heterocycles. The van der Waals surface area contributed by atoms with E-state index in [9.17, 15) is 9.59 Å². The summed E-state index contributed by atoms with van der Waals surface area (Å²) in [5.41, 5.74) is 7.22. The van der Waals surface area contributed by atoms with Crippen LogP contribution in [0.3, 0.4) is 0 Å². The Hall–Kier alpha value is -2.09. The molecule has 2 N–H and O–H groups in total. The Kier molecular flexibility index (Phi) is 4.46. The average molecular weight is 296 g/mol. The summed E-state index contributed by atoms with van der Waals surface area (Å²) in [4.78, 5) is 26.0. The van der Waals surface area contributed by atoms with E-state index in [-0.39, 0.29) is 12.5 Å². The molecule has 2 rings (SSSR count). The van der Waals surface area contributed by atoms with Crippen molar-refractivity contribution in [2.24, 2.45) is 0 Å². The summed E-state index contributed by atoms with van der Waals surface area (Å²) in [6, 6.07) is -0.754. The Morgan fingerprint density at radius 3 is 2.86 bits per heavy atom. The van der Waals surface area contributed by atoms with E-state index in [1.165, 1.54) is 12.0 Å². The van der Waals surface area contributed by atoms with Gasteiger partial charge in [0, 0.05) is 13.1 Å². The number of hydrogen-bond acceptors (Lipinski definition) is 6. The normalized spacial score (nSPS) is 18.6. The number of methoxy groups -OCH3 is 1. The van der Waals surface area contributed by atoms with Crippen molar-refractivity contribution in [3.05, 3.63) is 11.4 Å². The Morgan fingerprint density at radius 1 is 1.52 bits per heavy atom. The van der Waals surface area contributed by atoms with Crippen molar-refractivity contribution < 1.29 is 19.1 Å². The second-order valence-electron chi connectivity index (χ2n) is 4.78. The number of nitrogen functional groups attached to an aromatic ring is 1. The summed E-state index contributed by atoms with van der Waals surface area (Å²) in [5, 5.41) is 4.23. The van der Waals surface area contributed by atoms with Gasteiger partial charge in [-0.3, -0.25) is 9.48 Å². The first kappa shape index (κ1) is 15.3. The van der Waals surface area contributed by atoms with Crippen LogP contribution in [0.2, 0.25) is 0 Å². The van der Waals surface area contributed by atoms with E-state index in [2.05, 4.69) is 5.10 Å². The van der Waals surface area contributed by atoms with Gasteiger partial charge in [0.25, 0.3) is 5.91 Å². The van der Waals surface area contributed by atoms with Crippen molar-refractivity contribution in [3.63, 3.8) is 0 Å². The molecule has 1 amide bonds. The zero-order valence-corrected chi connectivity index (χ0v) is 12.5. The van der Waals surface area contributed by atoms with E-state index in [0.29, 0.717) is 36.8 Å².